The molecule has 0 radical (unpaired) electrons. The van der Waals surface area contributed by atoms with Gasteiger partial charge in [0.2, 0.25) is 5.91 Å². The SMILES string of the molecule is O=CCn1c(=O)n2c3c(c(Br)ccc31)NC(=O)C2. The van der Waals surface area contributed by atoms with Gasteiger partial charge in [-0.1, -0.05) is 0 Å². The van der Waals surface area contributed by atoms with Crippen LogP contribution in [0.15, 0.2) is 21.4 Å². The van der Waals surface area contributed by atoms with Crippen LogP contribution in [0.4, 0.5) is 5.69 Å². The quantitative estimate of drug-likeness (QED) is 0.831. The highest BCUT2D eigenvalue weighted by Gasteiger charge is 2.24. The Morgan fingerprint density at radius 2 is 2.17 bits per heavy atom. The van der Waals surface area contributed by atoms with Gasteiger partial charge < -0.3 is 10.1 Å². The molecule has 0 saturated carbocycles. The van der Waals surface area contributed by atoms with Crippen molar-refractivity contribution in [3.8, 4) is 0 Å². The fraction of sp³-hybridized carbons (Fsp3) is 0.182. The van der Waals surface area contributed by atoms with Crippen LogP contribution in [0.3, 0.4) is 0 Å². The first kappa shape index (κ1) is 11.2. The molecule has 2 heterocycles. The number of hydrogen-bond donors (Lipinski definition) is 1. The summed E-state index contributed by atoms with van der Waals surface area (Å²) < 4.78 is 3.45. The highest BCUT2D eigenvalue weighted by Crippen LogP contribution is 2.33. The summed E-state index contributed by atoms with van der Waals surface area (Å²) in [4.78, 5) is 34.3. The van der Waals surface area contributed by atoms with E-state index in [2.05, 4.69) is 21.2 Å². The number of aromatic nitrogens is 2. The van der Waals surface area contributed by atoms with Crippen LogP contribution in [0.1, 0.15) is 0 Å². The standard InChI is InChI=1S/C11H8BrN3O3/c12-6-1-2-7-10-9(6)13-8(17)5-15(10)11(18)14(7)3-4-16/h1-2,4H,3,5H2,(H,13,17). The molecule has 92 valence electrons. The van der Waals surface area contributed by atoms with Gasteiger partial charge in [0.25, 0.3) is 0 Å². The zero-order valence-electron chi connectivity index (χ0n) is 9.14. The molecule has 2 aromatic rings. The van der Waals surface area contributed by atoms with Crippen molar-refractivity contribution in [2.45, 2.75) is 13.1 Å². The lowest BCUT2D eigenvalue weighted by Crippen LogP contribution is -2.32. The zero-order chi connectivity index (χ0) is 12.9. The fourth-order valence-corrected chi connectivity index (χ4v) is 2.65. The van der Waals surface area contributed by atoms with Gasteiger partial charge in [-0.05, 0) is 28.1 Å². The third-order valence-corrected chi connectivity index (χ3v) is 3.61. The average Bonchev–Trinajstić information content (AvgIpc) is 2.60. The van der Waals surface area contributed by atoms with E-state index in [9.17, 15) is 14.4 Å². The van der Waals surface area contributed by atoms with Crippen molar-refractivity contribution in [3.63, 3.8) is 0 Å². The Morgan fingerprint density at radius 3 is 2.89 bits per heavy atom. The molecule has 1 aromatic carbocycles. The molecule has 6 nitrogen and oxygen atoms in total. The van der Waals surface area contributed by atoms with Gasteiger partial charge in [-0.2, -0.15) is 0 Å². The van der Waals surface area contributed by atoms with E-state index in [-0.39, 0.29) is 24.7 Å². The molecule has 7 heteroatoms. The predicted molar refractivity (Wildman–Crippen MR) is 68.6 cm³/mol. The van der Waals surface area contributed by atoms with Gasteiger partial charge in [0.15, 0.2) is 0 Å². The van der Waals surface area contributed by atoms with Crippen LogP contribution < -0.4 is 11.0 Å². The summed E-state index contributed by atoms with van der Waals surface area (Å²) in [6, 6.07) is 3.50. The Bertz CT molecular complexity index is 744. The Kier molecular flexibility index (Phi) is 2.37. The first-order valence-corrected chi connectivity index (χ1v) is 6.08. The molecule has 0 fully saturated rings. The second-order valence-electron chi connectivity index (χ2n) is 3.98. The molecule has 1 aliphatic rings. The van der Waals surface area contributed by atoms with E-state index in [1.807, 2.05) is 0 Å². The second kappa shape index (κ2) is 3.81. The van der Waals surface area contributed by atoms with Gasteiger partial charge in [-0.3, -0.25) is 13.9 Å². The van der Waals surface area contributed by atoms with E-state index < -0.39 is 0 Å². The largest absolute Gasteiger partial charge is 0.330 e. The van der Waals surface area contributed by atoms with Gasteiger partial charge in [0, 0.05) is 4.47 Å². The first-order chi connectivity index (χ1) is 8.63. The number of aldehydes is 1. The monoisotopic (exact) mass is 309 g/mol. The van der Waals surface area contributed by atoms with Crippen molar-refractivity contribution in [1.82, 2.24) is 9.13 Å². The number of hydrogen-bond acceptors (Lipinski definition) is 3. The maximum Gasteiger partial charge on any atom is 0.330 e. The molecular weight excluding hydrogens is 302 g/mol. The third kappa shape index (κ3) is 1.37. The van der Waals surface area contributed by atoms with Crippen molar-refractivity contribution in [2.24, 2.45) is 0 Å². The molecule has 1 N–H and O–H groups in total. The number of imidazole rings is 1. The van der Waals surface area contributed by atoms with Gasteiger partial charge in [-0.15, -0.1) is 0 Å². The summed E-state index contributed by atoms with van der Waals surface area (Å²) in [5.41, 5.74) is 1.53. The lowest BCUT2D eigenvalue weighted by atomic mass is 10.2. The number of benzene rings is 1. The van der Waals surface area contributed by atoms with Crippen LogP contribution in [0, 0.1) is 0 Å². The number of nitrogens with zero attached hydrogens (tertiary/aromatic N) is 2. The molecule has 1 aliphatic heterocycles. The Balaban J connectivity index is 2.48. The average molecular weight is 310 g/mol. The maximum absolute atomic E-state index is 12.1. The molecule has 0 atom stereocenters. The van der Waals surface area contributed by atoms with E-state index in [1.165, 1.54) is 9.13 Å². The minimum absolute atomic E-state index is 0.0163. The first-order valence-electron chi connectivity index (χ1n) is 5.28. The number of nitrogens with one attached hydrogen (secondary N) is 1. The van der Waals surface area contributed by atoms with Gasteiger partial charge in [0.1, 0.15) is 12.8 Å². The van der Waals surface area contributed by atoms with Crippen LogP contribution in [-0.2, 0) is 22.7 Å². The van der Waals surface area contributed by atoms with Crippen LogP contribution in [-0.4, -0.2) is 21.3 Å². The Hall–Kier alpha value is -1.89. The summed E-state index contributed by atoms with van der Waals surface area (Å²) in [5, 5.41) is 2.73. The van der Waals surface area contributed by atoms with Crippen molar-refractivity contribution in [1.29, 1.82) is 0 Å². The smallest absolute Gasteiger partial charge is 0.322 e. The van der Waals surface area contributed by atoms with E-state index >= 15 is 0 Å². The van der Waals surface area contributed by atoms with Gasteiger partial charge in [-0.25, -0.2) is 4.79 Å². The second-order valence-corrected chi connectivity index (χ2v) is 4.84. The van der Waals surface area contributed by atoms with Crippen LogP contribution in [0.2, 0.25) is 0 Å². The number of rotatable bonds is 2. The minimum Gasteiger partial charge on any atom is -0.322 e. The van der Waals surface area contributed by atoms with E-state index in [0.29, 0.717) is 27.5 Å². The summed E-state index contributed by atoms with van der Waals surface area (Å²) in [6.07, 6.45) is 0.667. The topological polar surface area (TPSA) is 73.1 Å². The number of halogens is 1. The third-order valence-electron chi connectivity index (χ3n) is 2.95. The Morgan fingerprint density at radius 1 is 1.39 bits per heavy atom. The van der Waals surface area contributed by atoms with Crippen molar-refractivity contribution in [3.05, 3.63) is 27.1 Å². The molecule has 18 heavy (non-hydrogen) atoms. The normalized spacial score (nSPS) is 13.7. The van der Waals surface area contributed by atoms with Gasteiger partial charge >= 0.3 is 5.69 Å². The highest BCUT2D eigenvalue weighted by atomic mass is 79.9. The molecular formula is C11H8BrN3O3. The summed E-state index contributed by atoms with van der Waals surface area (Å²) >= 11 is 3.34. The molecule has 0 aliphatic carbocycles. The van der Waals surface area contributed by atoms with Crippen molar-refractivity contribution in [2.75, 3.05) is 5.32 Å². The summed E-state index contributed by atoms with van der Waals surface area (Å²) in [7, 11) is 0. The molecule has 3 rings (SSSR count). The van der Waals surface area contributed by atoms with E-state index in [0.717, 1.165) is 0 Å². The summed E-state index contributed by atoms with van der Waals surface area (Å²) in [6.45, 7) is -0.0394. The van der Waals surface area contributed by atoms with Crippen LogP contribution in [0.25, 0.3) is 11.0 Å². The predicted octanol–water partition coefficient (Wildman–Crippen LogP) is 0.716. The van der Waals surface area contributed by atoms with E-state index in [1.54, 1.807) is 12.1 Å². The molecule has 1 amide bonds. The number of anilines is 1. The molecule has 0 spiro atoms. The zero-order valence-corrected chi connectivity index (χ0v) is 10.7. The summed E-state index contributed by atoms with van der Waals surface area (Å²) in [5.74, 6) is -0.248. The Labute approximate surface area is 109 Å². The molecule has 0 saturated heterocycles. The van der Waals surface area contributed by atoms with Crippen molar-refractivity contribution >= 4 is 44.8 Å². The number of amides is 1. The lowest BCUT2D eigenvalue weighted by Gasteiger charge is -2.16. The maximum atomic E-state index is 12.1. The van der Waals surface area contributed by atoms with E-state index in [4.69, 9.17) is 0 Å². The van der Waals surface area contributed by atoms with Crippen LogP contribution in [0.5, 0.6) is 0 Å². The lowest BCUT2D eigenvalue weighted by molar-refractivity contribution is -0.116. The minimum atomic E-state index is -0.341. The van der Waals surface area contributed by atoms with Crippen molar-refractivity contribution < 1.29 is 9.59 Å². The molecule has 0 bridgehead atoms. The fourth-order valence-electron chi connectivity index (χ4n) is 2.23. The molecule has 0 unspecified atom stereocenters. The van der Waals surface area contributed by atoms with Gasteiger partial charge in [0.05, 0.1) is 23.3 Å². The highest BCUT2D eigenvalue weighted by molar-refractivity contribution is 9.10. The number of carbonyl (C=O) groups is 2. The number of carbonyl (C=O) groups excluding carboxylic acids is 2. The van der Waals surface area contributed by atoms with Crippen LogP contribution >= 0.6 is 15.9 Å². The molecule has 1 aromatic heterocycles.